The fourth-order valence-electron chi connectivity index (χ4n) is 3.12. The lowest BCUT2D eigenvalue weighted by Crippen LogP contribution is -2.39. The van der Waals surface area contributed by atoms with Gasteiger partial charge in [-0.1, -0.05) is 47.1 Å². The fourth-order valence-corrected chi connectivity index (χ4v) is 3.12. The first kappa shape index (κ1) is 36.5. The van der Waals surface area contributed by atoms with Gasteiger partial charge >= 0.3 is 24.4 Å². The molecule has 42 heavy (non-hydrogen) atoms. The summed E-state index contributed by atoms with van der Waals surface area (Å²) < 4.78 is 36.2. The molecule has 0 fully saturated rings. The van der Waals surface area contributed by atoms with E-state index >= 15 is 0 Å². The first-order chi connectivity index (χ1) is 19.8. The molecule has 0 radical (unpaired) electrons. The van der Waals surface area contributed by atoms with Crippen LogP contribution in [0, 0.1) is 11.8 Å². The molecule has 12 nitrogen and oxygen atoms in total. The molecule has 0 saturated carbocycles. The minimum Gasteiger partial charge on any atom is -0.458 e. The average molecular weight is 598 g/mol. The molecule has 0 spiro atoms. The molecule has 238 valence electrons. The summed E-state index contributed by atoms with van der Waals surface area (Å²) in [7, 11) is 0. The number of hydrogen-bond donors (Lipinski definition) is 1. The number of carbonyl (C=O) groups excluding carboxylic acids is 4. The Labute approximate surface area is 248 Å². The topological polar surface area (TPSA) is 159 Å². The van der Waals surface area contributed by atoms with Crippen molar-refractivity contribution in [3.05, 3.63) is 23.8 Å². The number of rotatable bonds is 17. The van der Waals surface area contributed by atoms with Gasteiger partial charge in [-0.2, -0.15) is 0 Å². The number of nitrogens with two attached hydrogens (primary N) is 1. The monoisotopic (exact) mass is 597 g/mol. The van der Waals surface area contributed by atoms with Crippen LogP contribution in [0.1, 0.15) is 79.7 Å². The first-order valence-electron chi connectivity index (χ1n) is 14.4. The highest BCUT2D eigenvalue weighted by atomic mass is 16.7. The van der Waals surface area contributed by atoms with E-state index in [-0.39, 0.29) is 37.7 Å². The van der Waals surface area contributed by atoms with Crippen LogP contribution in [0.25, 0.3) is 0 Å². The molecule has 0 aliphatic rings. The van der Waals surface area contributed by atoms with Crippen LogP contribution < -0.4 is 15.2 Å². The van der Waals surface area contributed by atoms with Crippen LogP contribution in [0.5, 0.6) is 11.5 Å². The van der Waals surface area contributed by atoms with E-state index in [1.165, 1.54) is 12.1 Å². The Balaban J connectivity index is 2.87. The molecule has 12 heteroatoms. The van der Waals surface area contributed by atoms with Crippen LogP contribution in [-0.4, -0.2) is 62.5 Å². The maximum atomic E-state index is 12.6. The summed E-state index contributed by atoms with van der Waals surface area (Å²) in [4.78, 5) is 48.9. The van der Waals surface area contributed by atoms with Gasteiger partial charge in [0.15, 0.2) is 11.5 Å². The number of benzene rings is 1. The molecule has 0 aliphatic heterocycles. The lowest BCUT2D eigenvalue weighted by molar-refractivity contribution is -0.155. The third-order valence-corrected chi connectivity index (χ3v) is 5.95. The third-order valence-electron chi connectivity index (χ3n) is 5.95. The zero-order chi connectivity index (χ0) is 31.7. The second-order valence-corrected chi connectivity index (χ2v) is 10.8. The molecule has 0 saturated heterocycles. The van der Waals surface area contributed by atoms with Gasteiger partial charge in [-0.3, -0.25) is 4.79 Å². The summed E-state index contributed by atoms with van der Waals surface area (Å²) >= 11 is 0. The Morgan fingerprint density at radius 3 is 1.79 bits per heavy atom. The molecule has 0 bridgehead atoms. The van der Waals surface area contributed by atoms with E-state index in [0.29, 0.717) is 36.7 Å². The van der Waals surface area contributed by atoms with Crippen molar-refractivity contribution in [3.8, 4) is 11.5 Å². The van der Waals surface area contributed by atoms with Gasteiger partial charge < -0.3 is 38.9 Å². The van der Waals surface area contributed by atoms with Crippen molar-refractivity contribution in [1.29, 1.82) is 0 Å². The minimum atomic E-state index is -1.10. The Hall–Kier alpha value is -3.54. The Bertz CT molecular complexity index is 995. The normalized spacial score (nSPS) is 13.1. The largest absolute Gasteiger partial charge is 0.513 e. The summed E-state index contributed by atoms with van der Waals surface area (Å²) in [5, 5.41) is 0. The van der Waals surface area contributed by atoms with Crippen LogP contribution in [0.2, 0.25) is 0 Å². The van der Waals surface area contributed by atoms with Gasteiger partial charge in [0.2, 0.25) is 0 Å². The summed E-state index contributed by atoms with van der Waals surface area (Å²) in [6.07, 6.45) is -1.47. The van der Waals surface area contributed by atoms with Crippen molar-refractivity contribution in [3.63, 3.8) is 0 Å². The van der Waals surface area contributed by atoms with E-state index in [4.69, 9.17) is 38.9 Å². The zero-order valence-electron chi connectivity index (χ0n) is 25.8. The van der Waals surface area contributed by atoms with Gasteiger partial charge in [-0.05, 0) is 69.1 Å². The van der Waals surface area contributed by atoms with Crippen molar-refractivity contribution >= 4 is 24.4 Å². The third kappa shape index (κ3) is 15.5. The molecule has 0 unspecified atom stereocenters. The quantitative estimate of drug-likeness (QED) is 0.0974. The number of carbonyl (C=O) groups is 4. The number of ether oxygens (including phenoxy) is 7. The van der Waals surface area contributed by atoms with Crippen LogP contribution in [0.4, 0.5) is 14.4 Å². The molecule has 0 amide bonds. The molecule has 1 rings (SSSR count). The van der Waals surface area contributed by atoms with E-state index in [9.17, 15) is 19.2 Å². The molecule has 0 heterocycles. The van der Waals surface area contributed by atoms with Crippen LogP contribution in [0.3, 0.4) is 0 Å². The number of unbranched alkanes of at least 4 members (excludes halogenated alkanes) is 1. The zero-order valence-corrected chi connectivity index (χ0v) is 25.8. The van der Waals surface area contributed by atoms with Crippen LogP contribution >= 0.6 is 0 Å². The van der Waals surface area contributed by atoms with Gasteiger partial charge in [0, 0.05) is 0 Å². The number of hydrogen-bond acceptors (Lipinski definition) is 12. The fraction of sp³-hybridized carbons (Fsp3) is 0.667. The molecule has 1 aromatic rings. The van der Waals surface area contributed by atoms with Crippen LogP contribution in [-0.2, 0) is 34.9 Å². The number of esters is 1. The highest BCUT2D eigenvalue weighted by Crippen LogP contribution is 2.30. The van der Waals surface area contributed by atoms with Gasteiger partial charge in [-0.15, -0.1) is 0 Å². The SMILES string of the molecule is CCCCOC(=O)O[C@@H](C)[C@H](C)OC(=O)[C@@H](N)Cc1ccc(OC(=O)OCCC(C)C)c(OC(=O)OCCC(C)C)c1. The molecule has 0 aliphatic carbocycles. The Kier molecular flexibility index (Phi) is 17.0. The lowest BCUT2D eigenvalue weighted by atomic mass is 10.1. The van der Waals surface area contributed by atoms with Gasteiger partial charge in [0.1, 0.15) is 18.2 Å². The standard InChI is InChI=1S/C30H47NO11/c1-8-9-14-36-28(33)40-22(7)21(6)39-27(32)24(31)17-23-10-11-25(41-29(34)37-15-12-19(2)3)26(18-23)42-30(35)38-16-13-20(4)5/h10-11,18-22,24H,8-9,12-17,31H2,1-7H3/t21-,22-,24-/m0/s1. The molecular formula is C30H47NO11. The smallest absolute Gasteiger partial charge is 0.458 e. The van der Waals surface area contributed by atoms with Crippen LogP contribution in [0.15, 0.2) is 18.2 Å². The Morgan fingerprint density at radius 1 is 0.714 bits per heavy atom. The first-order valence-corrected chi connectivity index (χ1v) is 14.4. The molecular weight excluding hydrogens is 550 g/mol. The van der Waals surface area contributed by atoms with Crippen molar-refractivity contribution in [2.45, 2.75) is 98.8 Å². The second-order valence-electron chi connectivity index (χ2n) is 10.8. The second kappa shape index (κ2) is 19.6. The summed E-state index contributed by atoms with van der Waals surface area (Å²) in [5.41, 5.74) is 6.57. The maximum absolute atomic E-state index is 12.6. The summed E-state index contributed by atoms with van der Waals surface area (Å²) in [6, 6.07) is 3.27. The van der Waals surface area contributed by atoms with Gasteiger partial charge in [0.25, 0.3) is 0 Å². The predicted molar refractivity (Wildman–Crippen MR) is 153 cm³/mol. The highest BCUT2D eigenvalue weighted by molar-refractivity contribution is 5.76. The van der Waals surface area contributed by atoms with E-state index < -0.39 is 42.7 Å². The van der Waals surface area contributed by atoms with E-state index in [2.05, 4.69) is 0 Å². The average Bonchev–Trinajstić information content (AvgIpc) is 2.89. The van der Waals surface area contributed by atoms with E-state index in [0.717, 1.165) is 6.42 Å². The minimum absolute atomic E-state index is 0.00226. The van der Waals surface area contributed by atoms with Crippen molar-refractivity contribution in [1.82, 2.24) is 0 Å². The maximum Gasteiger partial charge on any atom is 0.513 e. The van der Waals surface area contributed by atoms with Gasteiger partial charge in [0.05, 0.1) is 19.8 Å². The predicted octanol–water partition coefficient (Wildman–Crippen LogP) is 5.95. The van der Waals surface area contributed by atoms with Gasteiger partial charge in [-0.25, -0.2) is 14.4 Å². The van der Waals surface area contributed by atoms with E-state index in [1.54, 1.807) is 19.9 Å². The Morgan fingerprint density at radius 2 is 1.24 bits per heavy atom. The lowest BCUT2D eigenvalue weighted by Gasteiger charge is -2.22. The highest BCUT2D eigenvalue weighted by Gasteiger charge is 2.25. The van der Waals surface area contributed by atoms with Crippen molar-refractivity contribution < 1.29 is 52.3 Å². The molecule has 2 N–H and O–H groups in total. The van der Waals surface area contributed by atoms with Crippen molar-refractivity contribution in [2.24, 2.45) is 17.6 Å². The molecule has 1 aromatic carbocycles. The molecule has 3 atom stereocenters. The summed E-state index contributed by atoms with van der Waals surface area (Å²) in [6.45, 7) is 13.6. The summed E-state index contributed by atoms with van der Waals surface area (Å²) in [5.74, 6) is -0.268. The van der Waals surface area contributed by atoms with Crippen molar-refractivity contribution in [2.75, 3.05) is 19.8 Å². The molecule has 0 aromatic heterocycles. The van der Waals surface area contributed by atoms with E-state index in [1.807, 2.05) is 34.6 Å².